The Morgan fingerprint density at radius 1 is 1.04 bits per heavy atom. The average molecular weight is 363 g/mol. The van der Waals surface area contributed by atoms with Gasteiger partial charge in [-0.2, -0.15) is 0 Å². The van der Waals surface area contributed by atoms with Crippen LogP contribution in [0.5, 0.6) is 0 Å². The van der Waals surface area contributed by atoms with Crippen molar-refractivity contribution in [1.82, 2.24) is 4.98 Å². The van der Waals surface area contributed by atoms with Crippen LogP contribution in [-0.2, 0) is 0 Å². The van der Waals surface area contributed by atoms with E-state index >= 15 is 0 Å². The maximum atomic E-state index is 7.82. The molecule has 128 valence electrons. The lowest BCUT2D eigenvalue weighted by atomic mass is 10.0. The maximum Gasteiger partial charge on any atom is 0.144 e. The molecule has 3 aromatic heterocycles. The van der Waals surface area contributed by atoms with Crippen molar-refractivity contribution in [3.05, 3.63) is 64.2 Å². The van der Waals surface area contributed by atoms with Crippen molar-refractivity contribution in [2.24, 2.45) is 0 Å². The van der Waals surface area contributed by atoms with Crippen molar-refractivity contribution < 1.29 is 11.3 Å². The molecule has 0 saturated carbocycles. The number of hydrogen-bond donors (Lipinski definition) is 0. The molecular formula is C23H19NOS. The van der Waals surface area contributed by atoms with Gasteiger partial charge in [0.05, 0.1) is 5.69 Å². The van der Waals surface area contributed by atoms with Crippen molar-refractivity contribution in [3.63, 3.8) is 0 Å². The van der Waals surface area contributed by atoms with Crippen LogP contribution in [0.15, 0.2) is 47.0 Å². The molecule has 3 heteroatoms. The van der Waals surface area contributed by atoms with E-state index in [1.165, 1.54) is 32.8 Å². The van der Waals surface area contributed by atoms with Gasteiger partial charge in [-0.25, -0.2) is 0 Å². The summed E-state index contributed by atoms with van der Waals surface area (Å²) in [6, 6.07) is 11.5. The number of benzene rings is 2. The molecule has 0 radical (unpaired) electrons. The Morgan fingerprint density at radius 2 is 1.96 bits per heavy atom. The van der Waals surface area contributed by atoms with Crippen LogP contribution < -0.4 is 0 Å². The van der Waals surface area contributed by atoms with Crippen LogP contribution in [0.2, 0.25) is 0 Å². The molecule has 5 aromatic rings. The zero-order chi connectivity index (χ0) is 22.1. The monoisotopic (exact) mass is 362 g/mol. The standard InChI is InChI=1S/C23H19NOS/c1-12-8-20(24-11-13(12)2)17-7-5-6-16-19-10-22-18(14(3)15(4)26-22)9-21(19)25-23(16)17/h5-11H,1-4H3/i1D2,2D3. The van der Waals surface area contributed by atoms with E-state index in [0.29, 0.717) is 16.8 Å². The summed E-state index contributed by atoms with van der Waals surface area (Å²) < 4.78 is 46.2. The van der Waals surface area contributed by atoms with Crippen molar-refractivity contribution in [2.45, 2.75) is 27.6 Å². The second kappa shape index (κ2) is 5.42. The summed E-state index contributed by atoms with van der Waals surface area (Å²) in [4.78, 5) is 5.66. The quantitative estimate of drug-likeness (QED) is 0.318. The van der Waals surface area contributed by atoms with E-state index in [1.54, 1.807) is 11.3 Å². The van der Waals surface area contributed by atoms with Gasteiger partial charge in [-0.05, 0) is 73.9 Å². The van der Waals surface area contributed by atoms with Gasteiger partial charge >= 0.3 is 0 Å². The molecule has 0 saturated heterocycles. The third-order valence-electron chi connectivity index (χ3n) is 5.01. The number of thiophene rings is 1. The minimum absolute atomic E-state index is 0.0610. The van der Waals surface area contributed by atoms with Crippen molar-refractivity contribution in [2.75, 3.05) is 0 Å². The van der Waals surface area contributed by atoms with Crippen molar-refractivity contribution >= 4 is 43.4 Å². The van der Waals surface area contributed by atoms with Gasteiger partial charge in [0.1, 0.15) is 11.2 Å². The second-order valence-corrected chi connectivity index (χ2v) is 7.83. The van der Waals surface area contributed by atoms with Crippen molar-refractivity contribution in [3.8, 4) is 11.3 Å². The molecule has 3 heterocycles. The highest BCUT2D eigenvalue weighted by Crippen LogP contribution is 2.40. The van der Waals surface area contributed by atoms with Gasteiger partial charge < -0.3 is 4.42 Å². The average Bonchev–Trinajstić information content (AvgIpc) is 3.21. The van der Waals surface area contributed by atoms with Gasteiger partial charge in [0.25, 0.3) is 0 Å². The van der Waals surface area contributed by atoms with Gasteiger partial charge in [0, 0.05) is 39.0 Å². The minimum Gasteiger partial charge on any atom is -0.455 e. The number of aromatic nitrogens is 1. The molecule has 0 bridgehead atoms. The molecule has 0 atom stereocenters. The molecule has 0 aliphatic carbocycles. The Kier molecular flexibility index (Phi) is 2.32. The van der Waals surface area contributed by atoms with E-state index in [0.717, 1.165) is 16.4 Å². The largest absolute Gasteiger partial charge is 0.455 e. The summed E-state index contributed by atoms with van der Waals surface area (Å²) in [7, 11) is 0. The molecule has 2 aromatic carbocycles. The molecule has 0 N–H and O–H groups in total. The Morgan fingerprint density at radius 3 is 2.81 bits per heavy atom. The van der Waals surface area contributed by atoms with Crippen LogP contribution in [-0.4, -0.2) is 4.98 Å². The second-order valence-electron chi connectivity index (χ2n) is 6.57. The van der Waals surface area contributed by atoms with E-state index in [1.807, 2.05) is 18.2 Å². The number of hydrogen-bond acceptors (Lipinski definition) is 3. The van der Waals surface area contributed by atoms with Gasteiger partial charge in [0.15, 0.2) is 0 Å². The fourth-order valence-corrected chi connectivity index (χ4v) is 4.54. The number of pyridine rings is 1. The van der Waals surface area contributed by atoms with Gasteiger partial charge in [-0.3, -0.25) is 4.98 Å². The molecular weight excluding hydrogens is 338 g/mol. The molecule has 0 fully saturated rings. The zero-order valence-corrected chi connectivity index (χ0v) is 15.2. The highest BCUT2D eigenvalue weighted by molar-refractivity contribution is 7.19. The lowest BCUT2D eigenvalue weighted by Gasteiger charge is -2.05. The first-order valence-electron chi connectivity index (χ1n) is 11.0. The molecule has 0 amide bonds. The topological polar surface area (TPSA) is 26.0 Å². The number of aryl methyl sites for hydroxylation is 4. The fraction of sp³-hybridized carbons (Fsp3) is 0.174. The predicted octanol–water partition coefficient (Wildman–Crippen LogP) is 7.10. The van der Waals surface area contributed by atoms with E-state index in [-0.39, 0.29) is 11.1 Å². The predicted molar refractivity (Wildman–Crippen MR) is 111 cm³/mol. The maximum absolute atomic E-state index is 7.82. The van der Waals surface area contributed by atoms with Gasteiger partial charge in [-0.15, -0.1) is 11.3 Å². The Labute approximate surface area is 163 Å². The van der Waals surface area contributed by atoms with Crippen LogP contribution in [0, 0.1) is 27.6 Å². The minimum atomic E-state index is -2.42. The number of para-hydroxylation sites is 1. The SMILES string of the molecule is [2H]C([2H])c1cc(-c2cccc3c2oc2cc4c(C)c(C)sc4cc23)ncc1C([2H])([2H])[2H]. The highest BCUT2D eigenvalue weighted by Gasteiger charge is 2.15. The van der Waals surface area contributed by atoms with Gasteiger partial charge in [0.2, 0.25) is 0 Å². The molecule has 26 heavy (non-hydrogen) atoms. The third kappa shape index (κ3) is 2.14. The number of furan rings is 1. The van der Waals surface area contributed by atoms with Crippen LogP contribution in [0.4, 0.5) is 0 Å². The van der Waals surface area contributed by atoms with Crippen LogP contribution in [0.1, 0.15) is 28.4 Å². The Balaban J connectivity index is 1.76. The Hall–Kier alpha value is -2.65. The molecule has 0 spiro atoms. The van der Waals surface area contributed by atoms with Crippen LogP contribution in [0.3, 0.4) is 0 Å². The lowest BCUT2D eigenvalue weighted by Crippen LogP contribution is -1.88. The van der Waals surface area contributed by atoms with E-state index < -0.39 is 13.7 Å². The molecule has 0 aliphatic heterocycles. The Bertz CT molecular complexity index is 1480. The molecule has 2 nitrogen and oxygen atoms in total. The van der Waals surface area contributed by atoms with E-state index in [2.05, 4.69) is 31.0 Å². The van der Waals surface area contributed by atoms with Crippen LogP contribution >= 0.6 is 11.3 Å². The summed E-state index contributed by atoms with van der Waals surface area (Å²) in [5.74, 6) is 0. The number of rotatable bonds is 1. The van der Waals surface area contributed by atoms with Gasteiger partial charge in [-0.1, -0.05) is 12.1 Å². The van der Waals surface area contributed by atoms with E-state index in [4.69, 9.17) is 11.3 Å². The first-order chi connectivity index (χ1) is 14.6. The normalized spacial score (nSPS) is 15.3. The van der Waals surface area contributed by atoms with Crippen LogP contribution in [0.25, 0.3) is 43.3 Å². The molecule has 0 aliphatic rings. The smallest absolute Gasteiger partial charge is 0.144 e. The highest BCUT2D eigenvalue weighted by atomic mass is 32.1. The van der Waals surface area contributed by atoms with Crippen molar-refractivity contribution in [1.29, 1.82) is 0 Å². The summed E-state index contributed by atoms with van der Waals surface area (Å²) in [5, 5.41) is 3.16. The summed E-state index contributed by atoms with van der Waals surface area (Å²) in [5.41, 5.74) is 3.98. The zero-order valence-electron chi connectivity index (χ0n) is 19.4. The number of nitrogens with zero attached hydrogens (tertiary/aromatic N) is 1. The summed E-state index contributed by atoms with van der Waals surface area (Å²) >= 11 is 1.77. The lowest BCUT2D eigenvalue weighted by molar-refractivity contribution is 0.670. The first kappa shape index (κ1) is 11.1. The fourth-order valence-electron chi connectivity index (χ4n) is 3.45. The summed E-state index contributed by atoms with van der Waals surface area (Å²) in [6.45, 7) is 0.388. The first-order valence-corrected chi connectivity index (χ1v) is 9.17. The number of fused-ring (bicyclic) bond motifs is 4. The summed E-state index contributed by atoms with van der Waals surface area (Å²) in [6.07, 6.45) is 1.26. The molecule has 5 rings (SSSR count). The molecule has 0 unspecified atom stereocenters. The van der Waals surface area contributed by atoms with E-state index in [9.17, 15) is 0 Å². The third-order valence-corrected chi connectivity index (χ3v) is 6.18.